The highest BCUT2D eigenvalue weighted by Gasteiger charge is 2.23. The largest absolute Gasteiger partial charge is 0.342 e. The van der Waals surface area contributed by atoms with Gasteiger partial charge >= 0.3 is 0 Å². The van der Waals surface area contributed by atoms with Crippen molar-refractivity contribution in [2.75, 3.05) is 26.7 Å². The van der Waals surface area contributed by atoms with Crippen LogP contribution in [0.2, 0.25) is 0 Å². The third kappa shape index (κ3) is 4.67. The highest BCUT2D eigenvalue weighted by molar-refractivity contribution is 7.13. The smallest absolute Gasteiger partial charge is 0.228 e. The molecule has 1 N–H and O–H groups in total. The number of thiazole rings is 1. The van der Waals surface area contributed by atoms with Gasteiger partial charge in [0, 0.05) is 24.0 Å². The molecule has 1 aromatic carbocycles. The number of likely N-dealkylation sites (tertiary alicyclic amines) is 1. The van der Waals surface area contributed by atoms with E-state index in [1.807, 2.05) is 17.3 Å². The Balaban J connectivity index is 1.61. The second-order valence-corrected chi connectivity index (χ2v) is 7.64. The Bertz CT molecular complexity index is 693. The number of hydrogen-bond acceptors (Lipinski definition) is 4. The van der Waals surface area contributed by atoms with Crippen LogP contribution in [0.15, 0.2) is 29.6 Å². The number of carbonyl (C=O) groups is 1. The van der Waals surface area contributed by atoms with Crippen LogP contribution in [0.25, 0.3) is 10.6 Å². The zero-order valence-corrected chi connectivity index (χ0v) is 15.9. The molecule has 5 heteroatoms. The number of nitrogens with one attached hydrogen (secondary N) is 1. The van der Waals surface area contributed by atoms with Crippen molar-refractivity contribution in [2.24, 2.45) is 5.92 Å². The highest BCUT2D eigenvalue weighted by Crippen LogP contribution is 2.25. The molecule has 4 nitrogen and oxygen atoms in total. The molecule has 1 saturated heterocycles. The van der Waals surface area contributed by atoms with Crippen molar-refractivity contribution in [1.29, 1.82) is 0 Å². The molecule has 0 aliphatic carbocycles. The Hall–Kier alpha value is -1.72. The first kappa shape index (κ1) is 18.1. The number of rotatable bonds is 6. The van der Waals surface area contributed by atoms with Crippen molar-refractivity contribution in [3.8, 4) is 10.6 Å². The fraction of sp³-hybridized carbons (Fsp3) is 0.500. The summed E-state index contributed by atoms with van der Waals surface area (Å²) >= 11 is 1.62. The van der Waals surface area contributed by atoms with Gasteiger partial charge in [-0.25, -0.2) is 4.98 Å². The summed E-state index contributed by atoms with van der Waals surface area (Å²) in [6.45, 7) is 4.89. The molecule has 1 unspecified atom stereocenters. The average molecular weight is 358 g/mol. The van der Waals surface area contributed by atoms with E-state index in [1.165, 1.54) is 12.0 Å². The van der Waals surface area contributed by atoms with Gasteiger partial charge in [-0.2, -0.15) is 0 Å². The van der Waals surface area contributed by atoms with E-state index < -0.39 is 0 Å². The minimum atomic E-state index is 0.207. The van der Waals surface area contributed by atoms with E-state index >= 15 is 0 Å². The summed E-state index contributed by atoms with van der Waals surface area (Å²) in [4.78, 5) is 19.3. The molecule has 1 fully saturated rings. The first-order valence-corrected chi connectivity index (χ1v) is 10.0. The number of carbonyl (C=O) groups excluding carboxylic acids is 1. The molecule has 0 radical (unpaired) electrons. The summed E-state index contributed by atoms with van der Waals surface area (Å²) in [5.41, 5.74) is 3.35. The Labute approximate surface area is 154 Å². The maximum atomic E-state index is 12.6. The number of benzene rings is 1. The lowest BCUT2D eigenvalue weighted by Crippen LogP contribution is -2.43. The second kappa shape index (κ2) is 8.59. The van der Waals surface area contributed by atoms with E-state index in [4.69, 9.17) is 0 Å². The van der Waals surface area contributed by atoms with Gasteiger partial charge in [0.2, 0.25) is 5.91 Å². The van der Waals surface area contributed by atoms with Crippen LogP contribution in [0.1, 0.15) is 31.0 Å². The average Bonchev–Trinajstić information content (AvgIpc) is 3.11. The van der Waals surface area contributed by atoms with Gasteiger partial charge in [0.1, 0.15) is 5.01 Å². The van der Waals surface area contributed by atoms with Crippen LogP contribution in [0.4, 0.5) is 0 Å². The number of hydrogen-bond donors (Lipinski definition) is 1. The quantitative estimate of drug-likeness (QED) is 0.862. The number of aromatic nitrogens is 1. The highest BCUT2D eigenvalue weighted by atomic mass is 32.1. The SMILES string of the molecule is CCc1ccc(-c2nc(CC(=O)N3CCCC(CNC)C3)cs2)cc1. The van der Waals surface area contributed by atoms with Gasteiger partial charge in [0.15, 0.2) is 0 Å². The molecule has 25 heavy (non-hydrogen) atoms. The maximum Gasteiger partial charge on any atom is 0.228 e. The number of nitrogens with zero attached hydrogens (tertiary/aromatic N) is 2. The van der Waals surface area contributed by atoms with E-state index in [0.717, 1.165) is 48.7 Å². The minimum absolute atomic E-state index is 0.207. The summed E-state index contributed by atoms with van der Waals surface area (Å²) < 4.78 is 0. The van der Waals surface area contributed by atoms with Crippen LogP contribution >= 0.6 is 11.3 Å². The summed E-state index contributed by atoms with van der Waals surface area (Å²) in [7, 11) is 1.98. The van der Waals surface area contributed by atoms with Gasteiger partial charge < -0.3 is 10.2 Å². The van der Waals surface area contributed by atoms with Crippen molar-refractivity contribution >= 4 is 17.2 Å². The normalized spacial score (nSPS) is 17.7. The summed E-state index contributed by atoms with van der Waals surface area (Å²) in [6, 6.07) is 8.54. The zero-order chi connectivity index (χ0) is 17.6. The molecule has 0 bridgehead atoms. The van der Waals surface area contributed by atoms with Crippen molar-refractivity contribution in [2.45, 2.75) is 32.6 Å². The van der Waals surface area contributed by atoms with Gasteiger partial charge in [0.05, 0.1) is 12.1 Å². The predicted molar refractivity (Wildman–Crippen MR) is 104 cm³/mol. The van der Waals surface area contributed by atoms with Crippen molar-refractivity contribution in [1.82, 2.24) is 15.2 Å². The lowest BCUT2D eigenvalue weighted by molar-refractivity contribution is -0.132. The molecule has 1 aliphatic rings. The fourth-order valence-electron chi connectivity index (χ4n) is 3.42. The van der Waals surface area contributed by atoms with Crippen LogP contribution < -0.4 is 5.32 Å². The maximum absolute atomic E-state index is 12.6. The molecule has 2 heterocycles. The van der Waals surface area contributed by atoms with E-state index in [2.05, 4.69) is 41.5 Å². The first-order valence-electron chi connectivity index (χ1n) is 9.15. The van der Waals surface area contributed by atoms with Gasteiger partial charge in [-0.1, -0.05) is 31.2 Å². The summed E-state index contributed by atoms with van der Waals surface area (Å²) in [5, 5.41) is 6.25. The summed E-state index contributed by atoms with van der Waals surface area (Å²) in [6.07, 6.45) is 3.77. The molecule has 1 aliphatic heterocycles. The number of piperidine rings is 1. The number of aryl methyl sites for hydroxylation is 1. The van der Waals surface area contributed by atoms with Crippen LogP contribution in [-0.4, -0.2) is 42.5 Å². The number of amides is 1. The third-order valence-corrected chi connectivity index (χ3v) is 5.80. The Morgan fingerprint density at radius 3 is 2.88 bits per heavy atom. The first-order chi connectivity index (χ1) is 12.2. The Morgan fingerprint density at radius 2 is 2.16 bits per heavy atom. The molecule has 3 rings (SSSR count). The van der Waals surface area contributed by atoms with Crippen LogP contribution in [-0.2, 0) is 17.6 Å². The molecule has 1 aromatic heterocycles. The lowest BCUT2D eigenvalue weighted by Gasteiger charge is -2.32. The predicted octanol–water partition coefficient (Wildman–Crippen LogP) is 3.37. The van der Waals surface area contributed by atoms with Crippen molar-refractivity contribution < 1.29 is 4.79 Å². The minimum Gasteiger partial charge on any atom is -0.342 e. The zero-order valence-electron chi connectivity index (χ0n) is 15.1. The van der Waals surface area contributed by atoms with E-state index in [-0.39, 0.29) is 5.91 Å². The Morgan fingerprint density at radius 1 is 1.36 bits per heavy atom. The van der Waals surface area contributed by atoms with Gasteiger partial charge in [0.25, 0.3) is 0 Å². The molecule has 0 spiro atoms. The third-order valence-electron chi connectivity index (χ3n) is 4.86. The molecule has 0 saturated carbocycles. The van der Waals surface area contributed by atoms with Gasteiger partial charge in [-0.3, -0.25) is 4.79 Å². The molecule has 1 amide bonds. The van der Waals surface area contributed by atoms with Crippen molar-refractivity contribution in [3.63, 3.8) is 0 Å². The topological polar surface area (TPSA) is 45.2 Å². The standard InChI is InChI=1S/C20H27N3OS/c1-3-15-6-8-17(9-7-15)20-22-18(14-25-20)11-19(24)23-10-4-5-16(13-23)12-21-2/h6-9,14,16,21H,3-5,10-13H2,1-2H3. The van der Waals surface area contributed by atoms with E-state index in [9.17, 15) is 4.79 Å². The van der Waals surface area contributed by atoms with Gasteiger partial charge in [-0.15, -0.1) is 11.3 Å². The van der Waals surface area contributed by atoms with Crippen LogP contribution in [0.3, 0.4) is 0 Å². The molecule has 1 atom stereocenters. The molecule has 134 valence electrons. The molecule has 2 aromatic rings. The fourth-order valence-corrected chi connectivity index (χ4v) is 4.24. The molecular weight excluding hydrogens is 330 g/mol. The van der Waals surface area contributed by atoms with Crippen molar-refractivity contribution in [3.05, 3.63) is 40.9 Å². The van der Waals surface area contributed by atoms with E-state index in [0.29, 0.717) is 12.3 Å². The Kier molecular flexibility index (Phi) is 6.21. The summed E-state index contributed by atoms with van der Waals surface area (Å²) in [5.74, 6) is 0.782. The second-order valence-electron chi connectivity index (χ2n) is 6.78. The monoisotopic (exact) mass is 357 g/mol. The van der Waals surface area contributed by atoms with Crippen LogP contribution in [0, 0.1) is 5.92 Å². The molecular formula is C20H27N3OS. The lowest BCUT2D eigenvalue weighted by atomic mass is 9.97. The van der Waals surface area contributed by atoms with Gasteiger partial charge in [-0.05, 0) is 44.3 Å². The van der Waals surface area contributed by atoms with E-state index in [1.54, 1.807) is 11.3 Å². The van der Waals surface area contributed by atoms with Crippen LogP contribution in [0.5, 0.6) is 0 Å².